The van der Waals surface area contributed by atoms with Crippen LogP contribution in [-0.4, -0.2) is 26.9 Å². The normalized spacial score (nSPS) is 17.2. The van der Waals surface area contributed by atoms with Gasteiger partial charge in [0.1, 0.15) is 12.4 Å². The van der Waals surface area contributed by atoms with Gasteiger partial charge < -0.3 is 9.14 Å². The number of benzene rings is 1. The van der Waals surface area contributed by atoms with Gasteiger partial charge in [0, 0.05) is 12.7 Å². The van der Waals surface area contributed by atoms with E-state index in [2.05, 4.69) is 4.98 Å². The van der Waals surface area contributed by atoms with E-state index in [0.717, 1.165) is 29.7 Å². The van der Waals surface area contributed by atoms with Gasteiger partial charge in [0.05, 0.1) is 22.8 Å². The fraction of sp³-hybridized carbons (Fsp3) is 0.263. The van der Waals surface area contributed by atoms with Gasteiger partial charge in [0.25, 0.3) is 0 Å². The first-order valence-corrected chi connectivity index (χ1v) is 8.70. The van der Waals surface area contributed by atoms with E-state index in [1.54, 1.807) is 11.1 Å². The largest absolute Gasteiger partial charge is 0.445 e. The number of hydrogen-bond acceptors (Lipinski definition) is 3. The second-order valence-corrected chi connectivity index (χ2v) is 6.53. The molecule has 1 saturated heterocycles. The molecule has 0 radical (unpaired) electrons. The molecule has 5 nitrogen and oxygen atoms in total. The number of ether oxygens (including phenoxy) is 1. The summed E-state index contributed by atoms with van der Waals surface area (Å²) in [6.45, 7) is 0.949. The van der Waals surface area contributed by atoms with Crippen molar-refractivity contribution in [2.24, 2.45) is 0 Å². The van der Waals surface area contributed by atoms with Crippen LogP contribution < -0.4 is 0 Å². The average Bonchev–Trinajstić information content (AvgIpc) is 3.27. The summed E-state index contributed by atoms with van der Waals surface area (Å²) in [7, 11) is 0. The molecule has 6 heteroatoms. The minimum Gasteiger partial charge on any atom is -0.445 e. The van der Waals surface area contributed by atoms with Crippen LogP contribution in [0.3, 0.4) is 0 Å². The molecule has 1 atom stereocenters. The number of fused-ring (bicyclic) bond motifs is 1. The highest BCUT2D eigenvalue weighted by molar-refractivity contribution is 6.33. The fourth-order valence-electron chi connectivity index (χ4n) is 3.31. The van der Waals surface area contributed by atoms with Crippen LogP contribution in [0.5, 0.6) is 0 Å². The quantitative estimate of drug-likeness (QED) is 0.696. The molecule has 0 spiro atoms. The van der Waals surface area contributed by atoms with E-state index in [-0.39, 0.29) is 18.7 Å². The molecule has 0 N–H and O–H groups in total. The Bertz CT molecular complexity index is 894. The third-order valence-corrected chi connectivity index (χ3v) is 4.86. The van der Waals surface area contributed by atoms with Gasteiger partial charge in [-0.2, -0.15) is 0 Å². The number of amides is 1. The summed E-state index contributed by atoms with van der Waals surface area (Å²) in [6.07, 6.45) is 5.18. The highest BCUT2D eigenvalue weighted by Gasteiger charge is 2.33. The first-order chi connectivity index (χ1) is 12.2. The van der Waals surface area contributed by atoms with E-state index in [0.29, 0.717) is 11.6 Å². The second kappa shape index (κ2) is 6.76. The number of carbonyl (C=O) groups excluding carboxylic acids is 1. The molecular weight excluding hydrogens is 338 g/mol. The molecule has 128 valence electrons. The molecule has 0 unspecified atom stereocenters. The number of hydrogen-bond donors (Lipinski definition) is 0. The van der Waals surface area contributed by atoms with Crippen molar-refractivity contribution in [3.63, 3.8) is 0 Å². The summed E-state index contributed by atoms with van der Waals surface area (Å²) >= 11 is 6.23. The van der Waals surface area contributed by atoms with Gasteiger partial charge in [-0.15, -0.1) is 0 Å². The molecule has 2 aromatic heterocycles. The Morgan fingerprint density at radius 2 is 2.08 bits per heavy atom. The van der Waals surface area contributed by atoms with Crippen molar-refractivity contribution in [2.75, 3.05) is 6.54 Å². The van der Waals surface area contributed by atoms with Crippen molar-refractivity contribution in [1.29, 1.82) is 0 Å². The van der Waals surface area contributed by atoms with Crippen molar-refractivity contribution in [1.82, 2.24) is 14.3 Å². The number of likely N-dealkylation sites (tertiary alicyclic amines) is 1. The van der Waals surface area contributed by atoms with Crippen molar-refractivity contribution in [2.45, 2.75) is 25.5 Å². The molecule has 0 aliphatic carbocycles. The van der Waals surface area contributed by atoms with Crippen molar-refractivity contribution in [3.05, 3.63) is 71.3 Å². The van der Waals surface area contributed by atoms with Crippen molar-refractivity contribution in [3.8, 4) is 0 Å². The number of pyridine rings is 1. The molecule has 1 aromatic carbocycles. The molecular formula is C19H18ClN3O2. The van der Waals surface area contributed by atoms with Crippen LogP contribution in [0.1, 0.15) is 30.3 Å². The molecule has 4 rings (SSSR count). The highest BCUT2D eigenvalue weighted by atomic mass is 35.5. The maximum atomic E-state index is 12.6. The van der Waals surface area contributed by atoms with Crippen molar-refractivity contribution >= 4 is 23.2 Å². The standard InChI is InChI=1S/C19H18ClN3O2/c20-15-8-4-10-22-17(15)12-21-18(22)16-9-5-11-23(16)19(24)25-13-14-6-2-1-3-7-14/h1-4,6-8,10,12,16H,5,9,11,13H2/t16-/m0/s1. The van der Waals surface area contributed by atoms with E-state index < -0.39 is 0 Å². The Balaban J connectivity index is 1.53. The molecule has 0 saturated carbocycles. The lowest BCUT2D eigenvalue weighted by Crippen LogP contribution is -2.32. The second-order valence-electron chi connectivity index (χ2n) is 6.12. The van der Waals surface area contributed by atoms with Crippen LogP contribution in [0.2, 0.25) is 5.02 Å². The smallest absolute Gasteiger partial charge is 0.410 e. The molecule has 1 aliphatic rings. The Hall–Kier alpha value is -2.53. The zero-order valence-corrected chi connectivity index (χ0v) is 14.4. The van der Waals surface area contributed by atoms with Gasteiger partial charge in [0.15, 0.2) is 0 Å². The lowest BCUT2D eigenvalue weighted by atomic mass is 10.2. The number of rotatable bonds is 3. The van der Waals surface area contributed by atoms with Crippen molar-refractivity contribution < 1.29 is 9.53 Å². The Kier molecular flexibility index (Phi) is 4.32. The van der Waals surface area contributed by atoms with E-state index in [1.165, 1.54) is 0 Å². The topological polar surface area (TPSA) is 46.8 Å². The Morgan fingerprint density at radius 3 is 2.92 bits per heavy atom. The zero-order valence-electron chi connectivity index (χ0n) is 13.6. The zero-order chi connectivity index (χ0) is 17.2. The average molecular weight is 356 g/mol. The van der Waals surface area contributed by atoms with Crippen LogP contribution in [0.25, 0.3) is 5.52 Å². The molecule has 3 aromatic rings. The first kappa shape index (κ1) is 16.0. The van der Waals surface area contributed by atoms with E-state index in [1.807, 2.05) is 53.1 Å². The molecule has 1 aliphatic heterocycles. The van der Waals surface area contributed by atoms with Gasteiger partial charge in [-0.3, -0.25) is 4.90 Å². The lowest BCUT2D eigenvalue weighted by Gasteiger charge is -2.23. The summed E-state index contributed by atoms with van der Waals surface area (Å²) < 4.78 is 7.45. The number of carbonyl (C=O) groups is 1. The predicted octanol–water partition coefficient (Wildman–Crippen LogP) is 4.46. The Morgan fingerprint density at radius 1 is 1.24 bits per heavy atom. The minimum atomic E-state index is -0.301. The molecule has 0 bridgehead atoms. The third kappa shape index (κ3) is 3.07. The summed E-state index contributed by atoms with van der Waals surface area (Å²) in [4.78, 5) is 18.8. The summed E-state index contributed by atoms with van der Waals surface area (Å²) in [5.41, 5.74) is 1.83. The van der Waals surface area contributed by atoms with E-state index in [4.69, 9.17) is 16.3 Å². The maximum absolute atomic E-state index is 12.6. The van der Waals surface area contributed by atoms with Crippen LogP contribution in [0.15, 0.2) is 54.9 Å². The van der Waals surface area contributed by atoms with E-state index >= 15 is 0 Å². The van der Waals surface area contributed by atoms with Gasteiger partial charge in [-0.05, 0) is 30.5 Å². The monoisotopic (exact) mass is 355 g/mol. The summed E-state index contributed by atoms with van der Waals surface area (Å²) in [6, 6.07) is 13.3. The molecule has 3 heterocycles. The first-order valence-electron chi connectivity index (χ1n) is 8.33. The van der Waals surface area contributed by atoms with E-state index in [9.17, 15) is 4.79 Å². The third-order valence-electron chi connectivity index (χ3n) is 4.54. The van der Waals surface area contributed by atoms with Gasteiger partial charge in [-0.1, -0.05) is 41.9 Å². The highest BCUT2D eigenvalue weighted by Crippen LogP contribution is 2.33. The summed E-state index contributed by atoms with van der Waals surface area (Å²) in [5.74, 6) is 0.826. The molecule has 25 heavy (non-hydrogen) atoms. The number of nitrogens with zero attached hydrogens (tertiary/aromatic N) is 3. The van der Waals surface area contributed by atoms with Crippen LogP contribution in [-0.2, 0) is 11.3 Å². The lowest BCUT2D eigenvalue weighted by molar-refractivity contribution is 0.0908. The van der Waals surface area contributed by atoms with Crippen LogP contribution in [0, 0.1) is 0 Å². The van der Waals surface area contributed by atoms with Gasteiger partial charge in [-0.25, -0.2) is 9.78 Å². The minimum absolute atomic E-state index is 0.0933. The fourth-order valence-corrected chi connectivity index (χ4v) is 3.52. The number of aromatic nitrogens is 2. The van der Waals surface area contributed by atoms with Crippen LogP contribution >= 0.6 is 11.6 Å². The van der Waals surface area contributed by atoms with Gasteiger partial charge >= 0.3 is 6.09 Å². The maximum Gasteiger partial charge on any atom is 0.410 e. The molecule has 1 amide bonds. The number of imidazole rings is 1. The Labute approximate surface area is 150 Å². The SMILES string of the molecule is O=C(OCc1ccccc1)N1CCC[C@H]1c1ncc2c(Cl)cccn12. The predicted molar refractivity (Wildman–Crippen MR) is 95.5 cm³/mol. The van der Waals surface area contributed by atoms with Gasteiger partial charge in [0.2, 0.25) is 0 Å². The van der Waals surface area contributed by atoms with Crippen LogP contribution in [0.4, 0.5) is 4.79 Å². The molecule has 1 fully saturated rings. The number of halogens is 1. The summed E-state index contributed by atoms with van der Waals surface area (Å²) in [5, 5.41) is 0.650.